The molecule has 3 rings (SSSR count). The molecule has 140 valence electrons. The third kappa shape index (κ3) is 3.94. The Morgan fingerprint density at radius 2 is 1.88 bits per heavy atom. The van der Waals surface area contributed by atoms with Crippen molar-refractivity contribution in [3.8, 4) is 11.5 Å². The van der Waals surface area contributed by atoms with Crippen LogP contribution in [0, 0.1) is 6.92 Å². The van der Waals surface area contributed by atoms with Gasteiger partial charge in [0.2, 0.25) is 0 Å². The van der Waals surface area contributed by atoms with Gasteiger partial charge in [0.15, 0.2) is 0 Å². The summed E-state index contributed by atoms with van der Waals surface area (Å²) < 4.78 is 44.0. The van der Waals surface area contributed by atoms with Crippen molar-refractivity contribution < 1.29 is 22.6 Å². The first kappa shape index (κ1) is 18.5. The summed E-state index contributed by atoms with van der Waals surface area (Å²) in [6, 6.07) is 12.0. The van der Waals surface area contributed by atoms with Gasteiger partial charge in [-0.1, -0.05) is 6.07 Å². The standard InChI is InChI=1S/C19H23NO5S/c1-15-4-9-19-18(14-15)20(10-3-11-25-19)26(21,22)17-7-5-16(6-8-17)24-13-12-23-2/h4-9,14H,3,10-13H2,1-2H3. The number of ether oxygens (including phenoxy) is 3. The Morgan fingerprint density at radius 3 is 2.62 bits per heavy atom. The molecule has 2 aromatic rings. The zero-order valence-corrected chi connectivity index (χ0v) is 15.8. The molecule has 7 heteroatoms. The highest BCUT2D eigenvalue weighted by molar-refractivity contribution is 7.92. The first-order chi connectivity index (χ1) is 12.5. The van der Waals surface area contributed by atoms with E-state index in [-0.39, 0.29) is 4.90 Å². The zero-order chi connectivity index (χ0) is 18.6. The van der Waals surface area contributed by atoms with E-state index in [1.807, 2.05) is 25.1 Å². The average Bonchev–Trinajstić information content (AvgIpc) is 2.85. The van der Waals surface area contributed by atoms with E-state index in [4.69, 9.17) is 14.2 Å². The summed E-state index contributed by atoms with van der Waals surface area (Å²) in [6.07, 6.45) is 0.630. The van der Waals surface area contributed by atoms with Gasteiger partial charge in [-0.15, -0.1) is 0 Å². The van der Waals surface area contributed by atoms with E-state index in [0.717, 1.165) is 5.56 Å². The molecule has 6 nitrogen and oxygen atoms in total. The van der Waals surface area contributed by atoms with Crippen LogP contribution in [0.1, 0.15) is 12.0 Å². The highest BCUT2D eigenvalue weighted by Crippen LogP contribution is 2.35. The summed E-state index contributed by atoms with van der Waals surface area (Å²) in [5.74, 6) is 1.20. The largest absolute Gasteiger partial charge is 0.491 e. The Hall–Kier alpha value is -2.25. The molecule has 26 heavy (non-hydrogen) atoms. The topological polar surface area (TPSA) is 65.1 Å². The molecule has 0 aliphatic carbocycles. The number of benzene rings is 2. The molecule has 2 aromatic carbocycles. The van der Waals surface area contributed by atoms with Crippen molar-refractivity contribution in [3.63, 3.8) is 0 Å². The second kappa shape index (κ2) is 7.97. The van der Waals surface area contributed by atoms with Gasteiger partial charge in [0.05, 0.1) is 23.8 Å². The molecule has 0 spiro atoms. The lowest BCUT2D eigenvalue weighted by atomic mass is 10.2. The Kier molecular flexibility index (Phi) is 5.68. The highest BCUT2D eigenvalue weighted by Gasteiger charge is 2.29. The van der Waals surface area contributed by atoms with Crippen molar-refractivity contribution in [2.24, 2.45) is 0 Å². The van der Waals surface area contributed by atoms with Crippen molar-refractivity contribution in [1.29, 1.82) is 0 Å². The minimum atomic E-state index is -3.68. The molecule has 1 aliphatic heterocycles. The molecule has 0 N–H and O–H groups in total. The minimum Gasteiger partial charge on any atom is -0.491 e. The van der Waals surface area contributed by atoms with Crippen molar-refractivity contribution in [2.75, 3.05) is 37.8 Å². The van der Waals surface area contributed by atoms with Gasteiger partial charge in [0.1, 0.15) is 18.1 Å². The summed E-state index contributed by atoms with van der Waals surface area (Å²) in [5.41, 5.74) is 1.57. The Balaban J connectivity index is 1.89. The fourth-order valence-corrected chi connectivity index (χ4v) is 4.29. The quantitative estimate of drug-likeness (QED) is 0.724. The van der Waals surface area contributed by atoms with Crippen molar-refractivity contribution in [1.82, 2.24) is 0 Å². The van der Waals surface area contributed by atoms with Crippen LogP contribution in [0.2, 0.25) is 0 Å². The molecule has 0 atom stereocenters. The maximum Gasteiger partial charge on any atom is 0.264 e. The molecular formula is C19H23NO5S. The predicted octanol–water partition coefficient (Wildman–Crippen LogP) is 3.00. The summed E-state index contributed by atoms with van der Waals surface area (Å²) in [4.78, 5) is 0.228. The summed E-state index contributed by atoms with van der Waals surface area (Å²) >= 11 is 0. The molecule has 1 aliphatic rings. The second-order valence-corrected chi connectivity index (χ2v) is 7.93. The van der Waals surface area contributed by atoms with Gasteiger partial charge in [0, 0.05) is 20.1 Å². The maximum atomic E-state index is 13.2. The van der Waals surface area contributed by atoms with Crippen LogP contribution < -0.4 is 13.8 Å². The van der Waals surface area contributed by atoms with E-state index in [9.17, 15) is 8.42 Å². The number of fused-ring (bicyclic) bond motifs is 1. The first-order valence-electron chi connectivity index (χ1n) is 8.50. The molecule has 0 fully saturated rings. The maximum absolute atomic E-state index is 13.2. The molecule has 1 heterocycles. The van der Waals surface area contributed by atoms with E-state index in [1.54, 1.807) is 31.4 Å². The van der Waals surface area contributed by atoms with Crippen LogP contribution in [0.25, 0.3) is 0 Å². The smallest absolute Gasteiger partial charge is 0.264 e. The van der Waals surface area contributed by atoms with E-state index >= 15 is 0 Å². The molecule has 0 saturated carbocycles. The summed E-state index contributed by atoms with van der Waals surface area (Å²) in [6.45, 7) is 3.70. The van der Waals surface area contributed by atoms with Gasteiger partial charge >= 0.3 is 0 Å². The summed E-state index contributed by atoms with van der Waals surface area (Å²) in [7, 11) is -2.08. The van der Waals surface area contributed by atoms with Crippen LogP contribution in [-0.2, 0) is 14.8 Å². The van der Waals surface area contributed by atoms with Crippen molar-refractivity contribution >= 4 is 15.7 Å². The molecule has 0 aromatic heterocycles. The van der Waals surface area contributed by atoms with Gasteiger partial charge < -0.3 is 14.2 Å². The molecule has 0 radical (unpaired) electrons. The molecule has 0 saturated heterocycles. The Bertz CT molecular complexity index is 849. The van der Waals surface area contributed by atoms with Gasteiger partial charge in [0.25, 0.3) is 10.0 Å². The third-order valence-corrected chi connectivity index (χ3v) is 5.94. The zero-order valence-electron chi connectivity index (χ0n) is 15.0. The lowest BCUT2D eigenvalue weighted by molar-refractivity contribution is 0.146. The van der Waals surface area contributed by atoms with E-state index < -0.39 is 10.0 Å². The number of hydrogen-bond acceptors (Lipinski definition) is 5. The average molecular weight is 377 g/mol. The van der Waals surface area contributed by atoms with Gasteiger partial charge in [-0.3, -0.25) is 4.31 Å². The Labute approximate surface area is 154 Å². The minimum absolute atomic E-state index is 0.228. The van der Waals surface area contributed by atoms with Crippen LogP contribution in [0.5, 0.6) is 11.5 Å². The third-order valence-electron chi connectivity index (χ3n) is 4.11. The van der Waals surface area contributed by atoms with E-state index in [0.29, 0.717) is 50.0 Å². The molecule has 0 unspecified atom stereocenters. The molecule has 0 amide bonds. The number of aryl methyl sites for hydroxylation is 1. The number of nitrogens with zero attached hydrogens (tertiary/aromatic N) is 1. The SMILES string of the molecule is COCCOc1ccc(S(=O)(=O)N2CCCOc3ccc(C)cc32)cc1. The second-order valence-electron chi connectivity index (χ2n) is 6.06. The van der Waals surface area contributed by atoms with Crippen molar-refractivity contribution in [2.45, 2.75) is 18.2 Å². The molecular weight excluding hydrogens is 354 g/mol. The lowest BCUT2D eigenvalue weighted by Gasteiger charge is -2.24. The van der Waals surface area contributed by atoms with Crippen LogP contribution in [0.4, 0.5) is 5.69 Å². The fraction of sp³-hybridized carbons (Fsp3) is 0.368. The number of anilines is 1. The van der Waals surface area contributed by atoms with Gasteiger partial charge in [-0.25, -0.2) is 8.42 Å². The number of hydrogen-bond donors (Lipinski definition) is 0. The van der Waals surface area contributed by atoms with Crippen LogP contribution >= 0.6 is 0 Å². The highest BCUT2D eigenvalue weighted by atomic mass is 32.2. The lowest BCUT2D eigenvalue weighted by Crippen LogP contribution is -2.31. The number of methoxy groups -OCH3 is 1. The molecule has 0 bridgehead atoms. The van der Waals surface area contributed by atoms with E-state index in [1.165, 1.54) is 4.31 Å². The summed E-state index contributed by atoms with van der Waals surface area (Å²) in [5, 5.41) is 0. The van der Waals surface area contributed by atoms with E-state index in [2.05, 4.69) is 0 Å². The van der Waals surface area contributed by atoms with Crippen molar-refractivity contribution in [3.05, 3.63) is 48.0 Å². The first-order valence-corrected chi connectivity index (χ1v) is 9.94. The van der Waals surface area contributed by atoms with Crippen LogP contribution in [-0.4, -0.2) is 41.9 Å². The Morgan fingerprint density at radius 1 is 1.12 bits per heavy atom. The van der Waals surface area contributed by atoms with Crippen LogP contribution in [0.15, 0.2) is 47.4 Å². The van der Waals surface area contributed by atoms with Crippen LogP contribution in [0.3, 0.4) is 0 Å². The van der Waals surface area contributed by atoms with Gasteiger partial charge in [-0.05, 0) is 48.9 Å². The monoisotopic (exact) mass is 377 g/mol. The predicted molar refractivity (Wildman–Crippen MR) is 99.6 cm³/mol. The normalized spacial score (nSPS) is 14.3. The number of sulfonamides is 1. The van der Waals surface area contributed by atoms with Gasteiger partial charge in [-0.2, -0.15) is 0 Å². The fourth-order valence-electron chi connectivity index (χ4n) is 2.78. The number of rotatable bonds is 6.